The largest absolute Gasteiger partial charge is 0.480 e. The van der Waals surface area contributed by atoms with Crippen molar-refractivity contribution in [1.29, 1.82) is 0 Å². The average Bonchev–Trinajstić information content (AvgIpc) is 2.15. The number of carbonyl (C=O) groups is 2. The fourth-order valence-corrected chi connectivity index (χ4v) is 0.349. The minimum Gasteiger partial charge on any atom is -0.480 e. The molecule has 0 saturated carbocycles. The molecule has 0 aromatic heterocycles. The molecule has 0 radical (unpaired) electrons. The molecule has 0 saturated heterocycles. The molecule has 0 aliphatic rings. The number of aliphatic carboxylic acids is 2. The SMILES string of the molecule is CCC(N)C(=O)O.CC[C@H](N)C(=O)O. The maximum atomic E-state index is 9.81. The van der Waals surface area contributed by atoms with Gasteiger partial charge in [0.25, 0.3) is 0 Å². The number of nitrogens with two attached hydrogens (primary N) is 2. The standard InChI is InChI=1S/2C4H9NO2/c2*1-2-3(5)4(6)7/h2*3H,2,5H2,1H3,(H,6,7)/t3-;/m0./s1. The quantitative estimate of drug-likeness (QED) is 0.496. The molecule has 0 aliphatic heterocycles. The molecule has 0 aromatic rings. The van der Waals surface area contributed by atoms with Gasteiger partial charge in [0, 0.05) is 0 Å². The van der Waals surface area contributed by atoms with E-state index in [1.165, 1.54) is 0 Å². The highest BCUT2D eigenvalue weighted by molar-refractivity contribution is 5.73. The molecule has 0 bridgehead atoms. The van der Waals surface area contributed by atoms with Gasteiger partial charge in [-0.25, -0.2) is 0 Å². The molecule has 0 spiro atoms. The van der Waals surface area contributed by atoms with Crippen molar-refractivity contribution in [3.05, 3.63) is 0 Å². The normalized spacial score (nSPS) is 13.4. The predicted octanol–water partition coefficient (Wildman–Crippen LogP) is -0.383. The molecule has 14 heavy (non-hydrogen) atoms. The van der Waals surface area contributed by atoms with Gasteiger partial charge in [-0.3, -0.25) is 9.59 Å². The van der Waals surface area contributed by atoms with Gasteiger partial charge in [0.2, 0.25) is 0 Å². The molecule has 0 aromatic carbocycles. The van der Waals surface area contributed by atoms with Gasteiger partial charge in [0.1, 0.15) is 12.1 Å². The number of hydrogen-bond donors (Lipinski definition) is 4. The van der Waals surface area contributed by atoms with Crippen molar-refractivity contribution in [2.75, 3.05) is 0 Å². The molecule has 0 fully saturated rings. The Labute approximate surface area is 82.9 Å². The van der Waals surface area contributed by atoms with Crippen LogP contribution in [0.1, 0.15) is 26.7 Å². The molecule has 6 heteroatoms. The fraction of sp³-hybridized carbons (Fsp3) is 0.750. The van der Waals surface area contributed by atoms with Crippen molar-refractivity contribution in [3.63, 3.8) is 0 Å². The smallest absolute Gasteiger partial charge is 0.320 e. The lowest BCUT2D eigenvalue weighted by Crippen LogP contribution is -2.28. The van der Waals surface area contributed by atoms with Gasteiger partial charge in [0.15, 0.2) is 0 Å². The van der Waals surface area contributed by atoms with E-state index < -0.39 is 24.0 Å². The fourth-order valence-electron chi connectivity index (χ4n) is 0.349. The molecule has 1 unspecified atom stereocenters. The van der Waals surface area contributed by atoms with E-state index in [2.05, 4.69) is 0 Å². The van der Waals surface area contributed by atoms with Gasteiger partial charge < -0.3 is 21.7 Å². The van der Waals surface area contributed by atoms with Crippen molar-refractivity contribution in [2.45, 2.75) is 38.8 Å². The minimum atomic E-state index is -0.928. The lowest BCUT2D eigenvalue weighted by Gasteiger charge is -1.97. The Balaban J connectivity index is 0. The zero-order valence-corrected chi connectivity index (χ0v) is 8.43. The van der Waals surface area contributed by atoms with Gasteiger partial charge in [-0.15, -0.1) is 0 Å². The van der Waals surface area contributed by atoms with Crippen LogP contribution in [-0.4, -0.2) is 34.2 Å². The first-order valence-electron chi connectivity index (χ1n) is 4.33. The summed E-state index contributed by atoms with van der Waals surface area (Å²) in [6.07, 6.45) is 0.991. The van der Waals surface area contributed by atoms with E-state index in [0.717, 1.165) is 0 Å². The van der Waals surface area contributed by atoms with E-state index in [0.29, 0.717) is 12.8 Å². The molecule has 84 valence electrons. The highest BCUT2D eigenvalue weighted by atomic mass is 16.4. The van der Waals surface area contributed by atoms with Crippen LogP contribution < -0.4 is 11.5 Å². The molecule has 0 amide bonds. The Morgan fingerprint density at radius 3 is 1.21 bits per heavy atom. The highest BCUT2D eigenvalue weighted by Gasteiger charge is 2.06. The minimum absolute atomic E-state index is 0.495. The summed E-state index contributed by atoms with van der Waals surface area (Å²) >= 11 is 0. The summed E-state index contributed by atoms with van der Waals surface area (Å²) in [5, 5.41) is 16.1. The van der Waals surface area contributed by atoms with Crippen LogP contribution >= 0.6 is 0 Å². The first-order valence-corrected chi connectivity index (χ1v) is 4.33. The van der Waals surface area contributed by atoms with Crippen molar-refractivity contribution >= 4 is 11.9 Å². The third kappa shape index (κ3) is 8.95. The van der Waals surface area contributed by atoms with Gasteiger partial charge in [-0.2, -0.15) is 0 Å². The van der Waals surface area contributed by atoms with Crippen LogP contribution in [0.4, 0.5) is 0 Å². The molecule has 0 rings (SSSR count). The van der Waals surface area contributed by atoms with Crippen LogP contribution in [0.2, 0.25) is 0 Å². The van der Waals surface area contributed by atoms with Crippen molar-refractivity contribution in [3.8, 4) is 0 Å². The molecule has 0 aliphatic carbocycles. The Bertz CT molecular complexity index is 164. The number of rotatable bonds is 4. The van der Waals surface area contributed by atoms with Crippen molar-refractivity contribution < 1.29 is 19.8 Å². The maximum Gasteiger partial charge on any atom is 0.320 e. The summed E-state index contributed by atoms with van der Waals surface area (Å²) in [6.45, 7) is 3.47. The summed E-state index contributed by atoms with van der Waals surface area (Å²) < 4.78 is 0. The number of carboxylic acid groups (broad SMARTS) is 2. The zero-order valence-electron chi connectivity index (χ0n) is 8.43. The Morgan fingerprint density at radius 1 is 1.00 bits per heavy atom. The van der Waals surface area contributed by atoms with Gasteiger partial charge >= 0.3 is 11.9 Å². The molecular formula is C8H18N2O4. The van der Waals surface area contributed by atoms with Gasteiger partial charge in [-0.1, -0.05) is 13.8 Å². The summed E-state index contributed by atoms with van der Waals surface area (Å²) in [5.41, 5.74) is 10.0. The maximum absolute atomic E-state index is 9.81. The van der Waals surface area contributed by atoms with E-state index in [-0.39, 0.29) is 0 Å². The second-order valence-corrected chi connectivity index (χ2v) is 2.71. The zero-order chi connectivity index (χ0) is 11.7. The van der Waals surface area contributed by atoms with Gasteiger partial charge in [-0.05, 0) is 12.8 Å². The first kappa shape index (κ1) is 15.3. The molecule has 6 nitrogen and oxygen atoms in total. The van der Waals surface area contributed by atoms with Crippen LogP contribution in [0, 0.1) is 0 Å². The highest BCUT2D eigenvalue weighted by Crippen LogP contribution is 1.82. The van der Waals surface area contributed by atoms with E-state index in [9.17, 15) is 9.59 Å². The van der Waals surface area contributed by atoms with E-state index in [1.807, 2.05) is 0 Å². The predicted molar refractivity (Wildman–Crippen MR) is 51.8 cm³/mol. The third-order valence-corrected chi connectivity index (χ3v) is 1.51. The summed E-state index contributed by atoms with van der Waals surface area (Å²) in [7, 11) is 0. The van der Waals surface area contributed by atoms with Crippen molar-refractivity contribution in [2.24, 2.45) is 11.5 Å². The van der Waals surface area contributed by atoms with Crippen molar-refractivity contribution in [1.82, 2.24) is 0 Å². The molecular weight excluding hydrogens is 188 g/mol. The summed E-state index contributed by atoms with van der Waals surface area (Å²) in [6, 6.07) is -1.36. The molecule has 0 heterocycles. The summed E-state index contributed by atoms with van der Waals surface area (Å²) in [5.74, 6) is -1.86. The summed E-state index contributed by atoms with van der Waals surface area (Å²) in [4.78, 5) is 19.6. The second-order valence-electron chi connectivity index (χ2n) is 2.71. The molecule has 2 atom stereocenters. The second kappa shape index (κ2) is 8.46. The van der Waals surface area contributed by atoms with E-state index in [1.54, 1.807) is 13.8 Å². The number of hydrogen-bond acceptors (Lipinski definition) is 4. The Kier molecular flexibility index (Phi) is 9.27. The van der Waals surface area contributed by atoms with Gasteiger partial charge in [0.05, 0.1) is 0 Å². The Hall–Kier alpha value is -1.14. The number of carboxylic acids is 2. The topological polar surface area (TPSA) is 127 Å². The van der Waals surface area contributed by atoms with Crippen LogP contribution in [-0.2, 0) is 9.59 Å². The lowest BCUT2D eigenvalue weighted by atomic mass is 10.2. The van der Waals surface area contributed by atoms with Crippen LogP contribution in [0.15, 0.2) is 0 Å². The monoisotopic (exact) mass is 206 g/mol. The lowest BCUT2D eigenvalue weighted by molar-refractivity contribution is -0.139. The first-order chi connectivity index (χ1) is 6.36. The average molecular weight is 206 g/mol. The third-order valence-electron chi connectivity index (χ3n) is 1.51. The van der Waals surface area contributed by atoms with E-state index >= 15 is 0 Å². The van der Waals surface area contributed by atoms with Crippen LogP contribution in [0.3, 0.4) is 0 Å². The van der Waals surface area contributed by atoms with Crippen LogP contribution in [0.25, 0.3) is 0 Å². The van der Waals surface area contributed by atoms with E-state index in [4.69, 9.17) is 21.7 Å². The van der Waals surface area contributed by atoms with Crippen LogP contribution in [0.5, 0.6) is 0 Å². The molecule has 6 N–H and O–H groups in total. The Morgan fingerprint density at radius 2 is 1.21 bits per heavy atom.